The second-order valence-corrected chi connectivity index (χ2v) is 16.5. The summed E-state index contributed by atoms with van der Waals surface area (Å²) >= 11 is 0. The zero-order chi connectivity index (χ0) is 42.2. The molecule has 3 aliphatic rings. The Morgan fingerprint density at radius 2 is 1.12 bits per heavy atom. The molecule has 4 N–H and O–H groups in total. The minimum atomic E-state index is -0.743. The number of imidazole rings is 2. The third kappa shape index (κ3) is 7.56. The largest absolute Gasteiger partial charge is 0.453 e. The summed E-state index contributed by atoms with van der Waals surface area (Å²) < 4.78 is 21.7. The van der Waals surface area contributed by atoms with Crippen LogP contribution in [-0.4, -0.2) is 99.9 Å². The van der Waals surface area contributed by atoms with Gasteiger partial charge >= 0.3 is 12.2 Å². The quantitative estimate of drug-likeness (QED) is 0.134. The Morgan fingerprint density at radius 3 is 1.61 bits per heavy atom. The third-order valence-electron chi connectivity index (χ3n) is 12.1. The molecule has 4 unspecified atom stereocenters. The molecule has 2 aromatic heterocycles. The lowest BCUT2D eigenvalue weighted by Gasteiger charge is -2.37. The fourth-order valence-corrected chi connectivity index (χ4v) is 8.60. The predicted molar refractivity (Wildman–Crippen MR) is 218 cm³/mol. The molecule has 2 aromatic carbocycles. The number of ether oxygens (including phenoxy) is 4. The Morgan fingerprint density at radius 1 is 0.678 bits per heavy atom. The van der Waals surface area contributed by atoms with Crippen molar-refractivity contribution in [3.05, 3.63) is 60.4 Å². The van der Waals surface area contributed by atoms with Gasteiger partial charge in [-0.05, 0) is 74.6 Å². The molecule has 16 heteroatoms. The van der Waals surface area contributed by atoms with Gasteiger partial charge in [0.15, 0.2) is 11.5 Å². The van der Waals surface area contributed by atoms with E-state index in [2.05, 4.69) is 20.6 Å². The smallest absolute Gasteiger partial charge is 0.407 e. The van der Waals surface area contributed by atoms with Crippen LogP contribution in [0.3, 0.4) is 0 Å². The van der Waals surface area contributed by atoms with Gasteiger partial charge in [0.2, 0.25) is 18.6 Å². The molecule has 4 atom stereocenters. The highest BCUT2D eigenvalue weighted by atomic mass is 16.7. The van der Waals surface area contributed by atoms with Crippen LogP contribution in [0.1, 0.15) is 78.9 Å². The van der Waals surface area contributed by atoms with Crippen LogP contribution in [0.4, 0.5) is 9.59 Å². The van der Waals surface area contributed by atoms with E-state index in [1.54, 1.807) is 17.3 Å². The molecule has 3 aliphatic heterocycles. The van der Waals surface area contributed by atoms with E-state index >= 15 is 0 Å². The summed E-state index contributed by atoms with van der Waals surface area (Å²) in [7, 11) is 2.57. The number of rotatable bonds is 11. The van der Waals surface area contributed by atoms with E-state index < -0.39 is 35.3 Å². The summed E-state index contributed by atoms with van der Waals surface area (Å²) in [5, 5.41) is 5.42. The second kappa shape index (κ2) is 16.3. The van der Waals surface area contributed by atoms with Crippen LogP contribution in [0.25, 0.3) is 33.6 Å². The highest BCUT2D eigenvalue weighted by Gasteiger charge is 2.47. The molecule has 4 amide bonds. The zero-order valence-corrected chi connectivity index (χ0v) is 34.9. The number of aromatic nitrogens is 4. The van der Waals surface area contributed by atoms with E-state index in [0.717, 1.165) is 52.9 Å². The Hall–Kier alpha value is -6.06. The summed E-state index contributed by atoms with van der Waals surface area (Å²) in [6, 6.07) is 10.6. The van der Waals surface area contributed by atoms with Crippen molar-refractivity contribution in [3.8, 4) is 45.1 Å². The Bertz CT molecular complexity index is 2220. The van der Waals surface area contributed by atoms with Crippen molar-refractivity contribution in [2.75, 3.05) is 34.1 Å². The highest BCUT2D eigenvalue weighted by molar-refractivity contribution is 5.88. The third-order valence-corrected chi connectivity index (χ3v) is 12.1. The van der Waals surface area contributed by atoms with Crippen LogP contribution in [0.15, 0.2) is 48.8 Å². The molecular formula is C43H54N8O8. The van der Waals surface area contributed by atoms with E-state index in [0.29, 0.717) is 42.7 Å². The van der Waals surface area contributed by atoms with Crippen LogP contribution >= 0.6 is 0 Å². The molecule has 5 heterocycles. The molecule has 2 fully saturated rings. The summed E-state index contributed by atoms with van der Waals surface area (Å²) in [4.78, 5) is 71.9. The first-order valence-corrected chi connectivity index (χ1v) is 20.2. The summed E-state index contributed by atoms with van der Waals surface area (Å²) in [6.07, 6.45) is 5.27. The van der Waals surface area contributed by atoms with Crippen LogP contribution in [0.5, 0.6) is 11.5 Å². The predicted octanol–water partition coefficient (Wildman–Crippen LogP) is 6.30. The molecule has 0 aliphatic carbocycles. The maximum Gasteiger partial charge on any atom is 0.407 e. The average Bonchev–Trinajstić information content (AvgIpc) is 4.08. The number of methoxy groups -OCH3 is 2. The molecule has 2 saturated heterocycles. The van der Waals surface area contributed by atoms with Gasteiger partial charge in [0.25, 0.3) is 0 Å². The van der Waals surface area contributed by atoms with Crippen molar-refractivity contribution >= 4 is 24.0 Å². The van der Waals surface area contributed by atoms with Gasteiger partial charge in [-0.3, -0.25) is 9.59 Å². The van der Waals surface area contributed by atoms with Crippen molar-refractivity contribution in [1.82, 2.24) is 40.4 Å². The molecule has 0 radical (unpaired) electrons. The minimum Gasteiger partial charge on any atom is -0.453 e. The van der Waals surface area contributed by atoms with Crippen LogP contribution in [-0.2, 0) is 30.1 Å². The number of nitrogens with zero attached hydrogens (tertiary/aromatic N) is 4. The molecule has 0 saturated carbocycles. The Labute approximate surface area is 343 Å². The SMILES string of the molecule is COC(=O)NC(C(=O)N1CCCC1(C)c1ncc(-c2ccc(-c3ccc(-c4cnc(C5(C)CCCN5C(=O)C(NC(=O)OC)C(C)C)[nH]4)c4c3OCO4)cc2)[nH]1)C(C)C. The molecular weight excluding hydrogens is 757 g/mol. The van der Waals surface area contributed by atoms with Crippen molar-refractivity contribution in [3.63, 3.8) is 0 Å². The van der Waals surface area contributed by atoms with Crippen LogP contribution in [0, 0.1) is 11.8 Å². The number of hydrogen-bond acceptors (Lipinski definition) is 10. The van der Waals surface area contributed by atoms with Crippen molar-refractivity contribution in [1.29, 1.82) is 0 Å². The number of benzene rings is 2. The van der Waals surface area contributed by atoms with Crippen LogP contribution < -0.4 is 20.1 Å². The van der Waals surface area contributed by atoms with Crippen molar-refractivity contribution in [2.45, 2.75) is 90.4 Å². The van der Waals surface area contributed by atoms with Gasteiger partial charge in [-0.25, -0.2) is 19.6 Å². The number of likely N-dealkylation sites (tertiary alicyclic amines) is 2. The summed E-state index contributed by atoms with van der Waals surface area (Å²) in [5.41, 5.74) is 3.63. The number of H-pyrrole nitrogens is 2. The fourth-order valence-electron chi connectivity index (χ4n) is 8.60. The van der Waals surface area contributed by atoms with Crippen molar-refractivity contribution < 1.29 is 38.1 Å². The first kappa shape index (κ1) is 41.1. The number of aromatic amines is 2. The normalized spacial score (nSPS) is 20.8. The van der Waals surface area contributed by atoms with Crippen LogP contribution in [0.2, 0.25) is 0 Å². The van der Waals surface area contributed by atoms with Gasteiger partial charge in [0.05, 0.1) is 49.1 Å². The number of hydrogen-bond donors (Lipinski definition) is 4. The van der Waals surface area contributed by atoms with E-state index in [9.17, 15) is 19.2 Å². The number of fused-ring (bicyclic) bond motifs is 1. The van der Waals surface area contributed by atoms with E-state index in [1.165, 1.54) is 14.2 Å². The summed E-state index contributed by atoms with van der Waals surface area (Å²) in [5.74, 6) is 1.90. The summed E-state index contributed by atoms with van der Waals surface area (Å²) in [6.45, 7) is 12.7. The number of nitrogens with one attached hydrogen (secondary N) is 4. The van der Waals surface area contributed by atoms with Gasteiger partial charge in [-0.15, -0.1) is 0 Å². The fraction of sp³-hybridized carbons (Fsp3) is 0.488. The molecule has 0 bridgehead atoms. The maximum atomic E-state index is 13.9. The standard InChI is InChI=1S/C43H54N8O8/c1-24(2)32(48-40(54)56-7)36(52)50-19-9-17-42(50,5)38-44-21-30(46-38)27-13-11-26(12-14-27)28-15-16-29(35-34(28)58-23-59-35)31-22-45-39(47-31)43(6)18-10-20-51(43)37(53)33(25(3)4)49-41(55)57-8/h11-16,21-22,24-25,32-33H,9-10,17-20,23H2,1-8H3,(H,44,46)(H,45,47)(H,48,54)(H,49,55). The Balaban J connectivity index is 1.10. The first-order chi connectivity index (χ1) is 28.2. The number of amides is 4. The Kier molecular flexibility index (Phi) is 11.4. The molecule has 314 valence electrons. The van der Waals surface area contributed by atoms with Gasteiger partial charge in [0, 0.05) is 24.2 Å². The van der Waals surface area contributed by atoms with E-state index in [-0.39, 0.29) is 30.4 Å². The molecule has 59 heavy (non-hydrogen) atoms. The number of carbonyl (C=O) groups excluding carboxylic acids is 4. The van der Waals surface area contributed by atoms with E-state index in [4.69, 9.17) is 28.9 Å². The maximum absolute atomic E-state index is 13.9. The minimum absolute atomic E-state index is 0.0636. The zero-order valence-electron chi connectivity index (χ0n) is 34.9. The topological polar surface area (TPSA) is 193 Å². The molecule has 4 aromatic rings. The molecule has 0 spiro atoms. The lowest BCUT2D eigenvalue weighted by Crippen LogP contribution is -2.55. The van der Waals surface area contributed by atoms with Crippen molar-refractivity contribution in [2.24, 2.45) is 11.8 Å². The average molecular weight is 811 g/mol. The first-order valence-electron chi connectivity index (χ1n) is 20.2. The number of carbonyl (C=O) groups is 4. The van der Waals surface area contributed by atoms with Gasteiger partial charge in [-0.1, -0.05) is 52.0 Å². The highest BCUT2D eigenvalue weighted by Crippen LogP contribution is 2.48. The monoisotopic (exact) mass is 810 g/mol. The number of alkyl carbamates (subject to hydrolysis) is 2. The van der Waals surface area contributed by atoms with E-state index in [1.807, 2.05) is 82.8 Å². The van der Waals surface area contributed by atoms with Gasteiger partial charge in [-0.2, -0.15) is 0 Å². The lowest BCUT2D eigenvalue weighted by molar-refractivity contribution is -0.139. The van der Waals surface area contributed by atoms with Gasteiger partial charge < -0.3 is 49.3 Å². The second-order valence-electron chi connectivity index (χ2n) is 16.5. The van der Waals surface area contributed by atoms with Gasteiger partial charge in [0.1, 0.15) is 23.7 Å². The lowest BCUT2D eigenvalue weighted by atomic mass is 9.95. The molecule has 7 rings (SSSR count). The molecule has 16 nitrogen and oxygen atoms in total.